The van der Waals surface area contributed by atoms with E-state index < -0.39 is 0 Å². The van der Waals surface area contributed by atoms with Crippen molar-refractivity contribution in [1.29, 1.82) is 0 Å². The first-order chi connectivity index (χ1) is 13.3. The molecule has 4 rings (SSSR count). The van der Waals surface area contributed by atoms with Gasteiger partial charge in [0.05, 0.1) is 18.9 Å². The number of rotatable bonds is 5. The van der Waals surface area contributed by atoms with Gasteiger partial charge in [0, 0.05) is 51.5 Å². The third-order valence-corrected chi connectivity index (χ3v) is 4.94. The van der Waals surface area contributed by atoms with Crippen LogP contribution in [0.3, 0.4) is 0 Å². The molecule has 4 heterocycles. The van der Waals surface area contributed by atoms with E-state index in [4.69, 9.17) is 9.47 Å². The molecule has 7 heteroatoms. The molecule has 2 aromatic rings. The van der Waals surface area contributed by atoms with Crippen molar-refractivity contribution in [1.82, 2.24) is 19.8 Å². The second-order valence-corrected chi connectivity index (χ2v) is 6.85. The van der Waals surface area contributed by atoms with E-state index in [9.17, 15) is 4.79 Å². The van der Waals surface area contributed by atoms with Crippen molar-refractivity contribution < 1.29 is 14.3 Å². The van der Waals surface area contributed by atoms with Crippen LogP contribution in [0.4, 0.5) is 0 Å². The largest absolute Gasteiger partial charge is 0.471 e. The summed E-state index contributed by atoms with van der Waals surface area (Å²) in [6.07, 6.45) is 4.28. The van der Waals surface area contributed by atoms with Gasteiger partial charge in [-0.25, -0.2) is 4.98 Å². The molecule has 0 saturated carbocycles. The molecule has 0 unspecified atom stereocenters. The van der Waals surface area contributed by atoms with Crippen LogP contribution in [0.1, 0.15) is 22.5 Å². The third-order valence-electron chi connectivity index (χ3n) is 4.94. The van der Waals surface area contributed by atoms with E-state index >= 15 is 0 Å². The molecule has 0 aromatic carbocycles. The number of amides is 1. The highest BCUT2D eigenvalue weighted by atomic mass is 16.5. The minimum Gasteiger partial charge on any atom is -0.471 e. The van der Waals surface area contributed by atoms with E-state index in [1.165, 1.54) is 0 Å². The number of aromatic nitrogens is 2. The van der Waals surface area contributed by atoms with Crippen LogP contribution in [0.5, 0.6) is 5.88 Å². The Morgan fingerprint density at radius 2 is 1.96 bits per heavy atom. The molecular weight excluding hydrogens is 344 g/mol. The Balaban J connectivity index is 1.36. The number of carbonyl (C=O) groups is 1. The molecule has 0 N–H and O–H groups in total. The number of hydrogen-bond donors (Lipinski definition) is 0. The summed E-state index contributed by atoms with van der Waals surface area (Å²) < 4.78 is 11.3. The first-order valence-electron chi connectivity index (χ1n) is 9.40. The molecule has 2 aromatic heterocycles. The number of pyridine rings is 2. The Bertz CT molecular complexity index is 757. The summed E-state index contributed by atoms with van der Waals surface area (Å²) in [4.78, 5) is 25.9. The van der Waals surface area contributed by atoms with Crippen LogP contribution in [0.2, 0.25) is 0 Å². The van der Waals surface area contributed by atoms with E-state index in [0.717, 1.165) is 31.7 Å². The molecule has 142 valence electrons. The Morgan fingerprint density at radius 3 is 2.70 bits per heavy atom. The van der Waals surface area contributed by atoms with Crippen molar-refractivity contribution in [3.8, 4) is 5.88 Å². The molecule has 0 spiro atoms. The van der Waals surface area contributed by atoms with Gasteiger partial charge in [0.2, 0.25) is 5.88 Å². The van der Waals surface area contributed by atoms with Gasteiger partial charge in [-0.1, -0.05) is 6.07 Å². The molecule has 7 nitrogen and oxygen atoms in total. The highest BCUT2D eigenvalue weighted by Gasteiger charge is 2.26. The summed E-state index contributed by atoms with van der Waals surface area (Å²) in [6.45, 7) is 5.09. The van der Waals surface area contributed by atoms with Crippen molar-refractivity contribution in [3.05, 3.63) is 54.0 Å². The van der Waals surface area contributed by atoms with Crippen LogP contribution < -0.4 is 4.74 Å². The van der Waals surface area contributed by atoms with Crippen LogP contribution in [-0.4, -0.2) is 71.2 Å². The maximum atomic E-state index is 13.0. The molecule has 1 atom stereocenters. The summed E-state index contributed by atoms with van der Waals surface area (Å²) in [5.41, 5.74) is 1.58. The van der Waals surface area contributed by atoms with Gasteiger partial charge in [0.15, 0.2) is 0 Å². The van der Waals surface area contributed by atoms with Crippen LogP contribution >= 0.6 is 0 Å². The van der Waals surface area contributed by atoms with Crippen LogP contribution in [-0.2, 0) is 11.3 Å². The van der Waals surface area contributed by atoms with E-state index in [2.05, 4.69) is 14.9 Å². The zero-order valence-electron chi connectivity index (χ0n) is 15.3. The van der Waals surface area contributed by atoms with E-state index in [1.807, 2.05) is 29.3 Å². The zero-order valence-corrected chi connectivity index (χ0v) is 15.3. The van der Waals surface area contributed by atoms with Crippen molar-refractivity contribution >= 4 is 5.91 Å². The molecule has 27 heavy (non-hydrogen) atoms. The van der Waals surface area contributed by atoms with Gasteiger partial charge in [-0.05, 0) is 24.3 Å². The monoisotopic (exact) mass is 368 g/mol. The average Bonchev–Trinajstić information content (AvgIpc) is 3.22. The summed E-state index contributed by atoms with van der Waals surface area (Å²) >= 11 is 0. The predicted octanol–water partition coefficient (Wildman–Crippen LogP) is 1.60. The third kappa shape index (κ3) is 4.43. The molecule has 1 amide bonds. The van der Waals surface area contributed by atoms with E-state index in [1.54, 1.807) is 18.3 Å². The second kappa shape index (κ2) is 8.45. The van der Waals surface area contributed by atoms with Gasteiger partial charge in [0.1, 0.15) is 11.7 Å². The summed E-state index contributed by atoms with van der Waals surface area (Å²) in [5, 5.41) is 0. The molecule has 2 aliphatic rings. The van der Waals surface area contributed by atoms with Gasteiger partial charge in [-0.2, -0.15) is 0 Å². The molecule has 2 saturated heterocycles. The Hall–Kier alpha value is -2.51. The second-order valence-electron chi connectivity index (χ2n) is 6.85. The lowest BCUT2D eigenvalue weighted by Gasteiger charge is -2.34. The quantitative estimate of drug-likeness (QED) is 0.799. The fourth-order valence-electron chi connectivity index (χ4n) is 3.41. The molecule has 0 aliphatic carbocycles. The summed E-state index contributed by atoms with van der Waals surface area (Å²) in [7, 11) is 0. The van der Waals surface area contributed by atoms with Crippen LogP contribution in [0.15, 0.2) is 42.7 Å². The fourth-order valence-corrected chi connectivity index (χ4v) is 3.41. The van der Waals surface area contributed by atoms with E-state index in [0.29, 0.717) is 37.7 Å². The molecule has 2 fully saturated rings. The van der Waals surface area contributed by atoms with Crippen LogP contribution in [0, 0.1) is 0 Å². The Labute approximate surface area is 158 Å². The standard InChI is InChI=1S/C20H24N4O3/c25-20(18-5-3-8-22-19(18)27-17-6-13-26-15-17)24-11-9-23(10-12-24)14-16-4-1-2-7-21-16/h1-5,7-8,17H,6,9-15H2/t17-/m1/s1. The van der Waals surface area contributed by atoms with Crippen molar-refractivity contribution in [2.75, 3.05) is 39.4 Å². The number of ether oxygens (including phenoxy) is 2. The van der Waals surface area contributed by atoms with Gasteiger partial charge < -0.3 is 14.4 Å². The van der Waals surface area contributed by atoms with Crippen molar-refractivity contribution in [2.45, 2.75) is 19.1 Å². The van der Waals surface area contributed by atoms with Gasteiger partial charge in [0.25, 0.3) is 5.91 Å². The number of nitrogens with zero attached hydrogens (tertiary/aromatic N) is 4. The summed E-state index contributed by atoms with van der Waals surface area (Å²) in [5.74, 6) is 0.392. The Morgan fingerprint density at radius 1 is 1.11 bits per heavy atom. The summed E-state index contributed by atoms with van der Waals surface area (Å²) in [6, 6.07) is 9.53. The lowest BCUT2D eigenvalue weighted by Crippen LogP contribution is -2.48. The van der Waals surface area contributed by atoms with Crippen LogP contribution in [0.25, 0.3) is 0 Å². The molecule has 0 bridgehead atoms. The van der Waals surface area contributed by atoms with Gasteiger partial charge in [-0.15, -0.1) is 0 Å². The first-order valence-corrected chi connectivity index (χ1v) is 9.40. The average molecular weight is 368 g/mol. The minimum absolute atomic E-state index is 0.0190. The highest BCUT2D eigenvalue weighted by Crippen LogP contribution is 2.21. The van der Waals surface area contributed by atoms with Gasteiger partial charge >= 0.3 is 0 Å². The predicted molar refractivity (Wildman–Crippen MR) is 99.5 cm³/mol. The topological polar surface area (TPSA) is 67.8 Å². The van der Waals surface area contributed by atoms with Crippen molar-refractivity contribution in [2.24, 2.45) is 0 Å². The number of hydrogen-bond acceptors (Lipinski definition) is 6. The molecular formula is C20H24N4O3. The number of carbonyl (C=O) groups excluding carboxylic acids is 1. The lowest BCUT2D eigenvalue weighted by atomic mass is 10.2. The maximum absolute atomic E-state index is 13.0. The maximum Gasteiger partial charge on any atom is 0.259 e. The fraction of sp³-hybridized carbons (Fsp3) is 0.450. The van der Waals surface area contributed by atoms with Crippen molar-refractivity contribution in [3.63, 3.8) is 0 Å². The Kier molecular flexibility index (Phi) is 5.60. The SMILES string of the molecule is O=C(c1cccnc1O[C@@H]1CCOC1)N1CCN(Cc2ccccn2)CC1. The minimum atomic E-state index is -0.0262. The van der Waals surface area contributed by atoms with Gasteiger partial charge in [-0.3, -0.25) is 14.7 Å². The molecule has 2 aliphatic heterocycles. The smallest absolute Gasteiger partial charge is 0.259 e. The van der Waals surface area contributed by atoms with E-state index in [-0.39, 0.29) is 12.0 Å². The number of piperazine rings is 1. The lowest BCUT2D eigenvalue weighted by molar-refractivity contribution is 0.0617. The normalized spacial score (nSPS) is 20.6. The zero-order chi connectivity index (χ0) is 18.5. The first kappa shape index (κ1) is 17.9. The molecule has 0 radical (unpaired) electrons. The highest BCUT2D eigenvalue weighted by molar-refractivity contribution is 5.96.